The lowest BCUT2D eigenvalue weighted by molar-refractivity contribution is -0.121. The summed E-state index contributed by atoms with van der Waals surface area (Å²) in [6.07, 6.45) is 1.45. The highest BCUT2D eigenvalue weighted by Crippen LogP contribution is 2.27. The second-order valence-electron chi connectivity index (χ2n) is 7.21. The molecule has 8 nitrogen and oxygen atoms in total. The summed E-state index contributed by atoms with van der Waals surface area (Å²) in [6.45, 7) is 2.04. The first kappa shape index (κ1) is 24.9. The maximum Gasteiger partial charge on any atom is 0.255 e. The highest BCUT2D eigenvalue weighted by molar-refractivity contribution is 7.89. The van der Waals surface area contributed by atoms with Crippen molar-refractivity contribution in [1.29, 1.82) is 0 Å². The zero-order valence-corrected chi connectivity index (χ0v) is 19.9. The molecule has 0 aliphatic rings. The van der Waals surface area contributed by atoms with E-state index in [1.807, 2.05) is 37.3 Å². The predicted molar refractivity (Wildman–Crippen MR) is 130 cm³/mol. The smallest absolute Gasteiger partial charge is 0.255 e. The second kappa shape index (κ2) is 12.0. The van der Waals surface area contributed by atoms with E-state index in [1.54, 1.807) is 36.4 Å². The number of carbonyl (C=O) groups is 1. The van der Waals surface area contributed by atoms with Crippen LogP contribution in [0.25, 0.3) is 0 Å². The van der Waals surface area contributed by atoms with Gasteiger partial charge in [-0.2, -0.15) is 9.41 Å². The van der Waals surface area contributed by atoms with Crippen LogP contribution in [0.4, 0.5) is 0 Å². The molecule has 1 N–H and O–H groups in total. The average Bonchev–Trinajstić information content (AvgIpc) is 2.85. The van der Waals surface area contributed by atoms with Gasteiger partial charge in [-0.3, -0.25) is 4.79 Å². The third kappa shape index (κ3) is 6.66. The molecule has 0 bridgehead atoms. The van der Waals surface area contributed by atoms with Crippen LogP contribution in [-0.4, -0.2) is 45.1 Å². The monoisotopic (exact) mass is 481 g/mol. The van der Waals surface area contributed by atoms with E-state index in [-0.39, 0.29) is 11.4 Å². The van der Waals surface area contributed by atoms with Crippen LogP contribution in [0, 0.1) is 0 Å². The lowest BCUT2D eigenvalue weighted by Crippen LogP contribution is -2.39. The number of benzene rings is 3. The van der Waals surface area contributed by atoms with Crippen LogP contribution >= 0.6 is 0 Å². The Hall–Kier alpha value is -3.69. The van der Waals surface area contributed by atoms with Gasteiger partial charge in [-0.15, -0.1) is 0 Å². The summed E-state index contributed by atoms with van der Waals surface area (Å²) in [5, 5.41) is 3.97. The number of amides is 1. The van der Waals surface area contributed by atoms with Crippen LogP contribution in [0.2, 0.25) is 0 Å². The number of rotatable bonds is 11. The zero-order chi connectivity index (χ0) is 24.4. The van der Waals surface area contributed by atoms with Crippen LogP contribution in [-0.2, 0) is 21.4 Å². The molecule has 3 rings (SSSR count). The Balaban J connectivity index is 1.73. The van der Waals surface area contributed by atoms with E-state index in [4.69, 9.17) is 9.47 Å². The van der Waals surface area contributed by atoms with E-state index in [9.17, 15) is 13.2 Å². The summed E-state index contributed by atoms with van der Waals surface area (Å²) in [7, 11) is -2.36. The number of sulfonamides is 1. The van der Waals surface area contributed by atoms with Gasteiger partial charge in [0.15, 0.2) is 11.5 Å². The van der Waals surface area contributed by atoms with E-state index in [2.05, 4.69) is 10.5 Å². The van der Waals surface area contributed by atoms with Gasteiger partial charge < -0.3 is 9.47 Å². The lowest BCUT2D eigenvalue weighted by Gasteiger charge is -2.21. The largest absolute Gasteiger partial charge is 0.493 e. The van der Waals surface area contributed by atoms with Gasteiger partial charge in [-0.1, -0.05) is 48.5 Å². The SMILES string of the molecule is CCOc1ccc(/C=N\NC(=O)CN(Cc2ccccc2)S(=O)(=O)c2ccccc2)cc1OC. The minimum absolute atomic E-state index is 0.0469. The van der Waals surface area contributed by atoms with Gasteiger partial charge in [-0.25, -0.2) is 13.8 Å². The molecule has 34 heavy (non-hydrogen) atoms. The predicted octanol–water partition coefficient (Wildman–Crippen LogP) is 3.44. The number of ether oxygens (including phenoxy) is 2. The van der Waals surface area contributed by atoms with Crippen LogP contribution < -0.4 is 14.9 Å². The second-order valence-corrected chi connectivity index (χ2v) is 9.15. The van der Waals surface area contributed by atoms with Crippen molar-refractivity contribution >= 4 is 22.1 Å². The van der Waals surface area contributed by atoms with Crippen molar-refractivity contribution in [3.05, 3.63) is 90.0 Å². The summed E-state index contributed by atoms with van der Waals surface area (Å²) in [5.41, 5.74) is 3.84. The zero-order valence-electron chi connectivity index (χ0n) is 19.0. The van der Waals surface area contributed by atoms with Gasteiger partial charge in [0.1, 0.15) is 0 Å². The van der Waals surface area contributed by atoms with Crippen LogP contribution in [0.5, 0.6) is 11.5 Å². The topological polar surface area (TPSA) is 97.3 Å². The standard InChI is InChI=1S/C25H27N3O5S/c1-3-33-23-15-14-21(16-24(23)32-2)17-26-27-25(29)19-28(18-20-10-6-4-7-11-20)34(30,31)22-12-8-5-9-13-22/h4-17H,3,18-19H2,1-2H3,(H,27,29)/b26-17-. The highest BCUT2D eigenvalue weighted by Gasteiger charge is 2.26. The fraction of sp³-hybridized carbons (Fsp3) is 0.200. The van der Waals surface area contributed by atoms with Gasteiger partial charge in [0, 0.05) is 6.54 Å². The van der Waals surface area contributed by atoms with Crippen molar-refractivity contribution < 1.29 is 22.7 Å². The molecule has 9 heteroatoms. The van der Waals surface area contributed by atoms with Gasteiger partial charge in [-0.05, 0) is 48.4 Å². The van der Waals surface area contributed by atoms with Gasteiger partial charge in [0.2, 0.25) is 10.0 Å². The molecular weight excluding hydrogens is 454 g/mol. The summed E-state index contributed by atoms with van der Waals surface area (Å²) < 4.78 is 38.3. The summed E-state index contributed by atoms with van der Waals surface area (Å²) in [4.78, 5) is 12.7. The molecule has 3 aromatic carbocycles. The summed E-state index contributed by atoms with van der Waals surface area (Å²) >= 11 is 0. The maximum absolute atomic E-state index is 13.2. The first-order valence-corrected chi connectivity index (χ1v) is 12.1. The van der Waals surface area contributed by atoms with E-state index < -0.39 is 22.5 Å². The Morgan fingerprint density at radius 2 is 1.68 bits per heavy atom. The minimum Gasteiger partial charge on any atom is -0.493 e. The molecule has 0 aliphatic heterocycles. The van der Waals surface area contributed by atoms with Gasteiger partial charge in [0.05, 0.1) is 31.4 Å². The molecule has 1 amide bonds. The Labute approximate surface area is 199 Å². The molecular formula is C25H27N3O5S. The summed E-state index contributed by atoms with van der Waals surface area (Å²) in [5.74, 6) is 0.582. The number of hydrogen-bond acceptors (Lipinski definition) is 6. The molecule has 0 radical (unpaired) electrons. The van der Waals surface area contributed by atoms with Gasteiger partial charge in [0.25, 0.3) is 5.91 Å². The Morgan fingerprint density at radius 1 is 1.00 bits per heavy atom. The highest BCUT2D eigenvalue weighted by atomic mass is 32.2. The Morgan fingerprint density at radius 3 is 2.32 bits per heavy atom. The van der Waals surface area contributed by atoms with Crippen molar-refractivity contribution in [2.45, 2.75) is 18.4 Å². The minimum atomic E-state index is -3.90. The molecule has 178 valence electrons. The van der Waals surface area contributed by atoms with Crippen molar-refractivity contribution in [2.75, 3.05) is 20.3 Å². The van der Waals surface area contributed by atoms with Gasteiger partial charge >= 0.3 is 0 Å². The molecule has 0 aromatic heterocycles. The van der Waals surface area contributed by atoms with Crippen molar-refractivity contribution in [3.63, 3.8) is 0 Å². The molecule has 0 spiro atoms. The number of hydrogen-bond donors (Lipinski definition) is 1. The molecule has 0 saturated carbocycles. The van der Waals surface area contributed by atoms with Crippen LogP contribution in [0.15, 0.2) is 88.9 Å². The van der Waals surface area contributed by atoms with E-state index in [1.165, 1.54) is 25.5 Å². The molecule has 3 aromatic rings. The molecule has 0 aliphatic carbocycles. The number of hydrazone groups is 1. The lowest BCUT2D eigenvalue weighted by atomic mass is 10.2. The van der Waals surface area contributed by atoms with E-state index in [0.29, 0.717) is 23.7 Å². The number of carbonyl (C=O) groups excluding carboxylic acids is 1. The fourth-order valence-electron chi connectivity index (χ4n) is 3.17. The average molecular weight is 482 g/mol. The molecule has 0 atom stereocenters. The molecule has 0 unspecified atom stereocenters. The van der Waals surface area contributed by atoms with E-state index in [0.717, 1.165) is 9.87 Å². The number of nitrogens with one attached hydrogen (secondary N) is 1. The number of methoxy groups -OCH3 is 1. The van der Waals surface area contributed by atoms with Crippen molar-refractivity contribution in [1.82, 2.24) is 9.73 Å². The third-order valence-electron chi connectivity index (χ3n) is 4.79. The molecule has 0 heterocycles. The first-order chi connectivity index (χ1) is 16.4. The quantitative estimate of drug-likeness (QED) is 0.334. The van der Waals surface area contributed by atoms with Crippen molar-refractivity contribution in [3.8, 4) is 11.5 Å². The van der Waals surface area contributed by atoms with Crippen LogP contribution in [0.3, 0.4) is 0 Å². The number of nitrogens with zero attached hydrogens (tertiary/aromatic N) is 2. The first-order valence-electron chi connectivity index (χ1n) is 10.7. The van der Waals surface area contributed by atoms with Crippen LogP contribution in [0.1, 0.15) is 18.1 Å². The normalized spacial score (nSPS) is 11.5. The third-order valence-corrected chi connectivity index (χ3v) is 6.60. The Kier molecular flexibility index (Phi) is 8.78. The molecule has 0 saturated heterocycles. The van der Waals surface area contributed by atoms with E-state index >= 15 is 0 Å². The van der Waals surface area contributed by atoms with Crippen molar-refractivity contribution in [2.24, 2.45) is 5.10 Å². The summed E-state index contributed by atoms with van der Waals surface area (Å²) in [6, 6.07) is 22.4. The molecule has 0 fully saturated rings. The fourth-order valence-corrected chi connectivity index (χ4v) is 4.57. The Bertz CT molecular complexity index is 1220. The maximum atomic E-state index is 13.2.